The van der Waals surface area contributed by atoms with Gasteiger partial charge in [0.05, 0.1) is 5.56 Å². The van der Waals surface area contributed by atoms with E-state index in [1.54, 1.807) is 0 Å². The first-order chi connectivity index (χ1) is 25.3. The summed E-state index contributed by atoms with van der Waals surface area (Å²) in [5, 5.41) is 6.16. The van der Waals surface area contributed by atoms with Gasteiger partial charge in [-0.2, -0.15) is 0 Å². The van der Waals surface area contributed by atoms with Crippen LogP contribution in [0.15, 0.2) is 165 Å². The maximum Gasteiger partial charge on any atom is 0.167 e. The minimum Gasteiger partial charge on any atom is -0.456 e. The Morgan fingerprint density at radius 2 is 0.882 bits per heavy atom. The molecular weight excluding hydrogens is 631 g/mol. The van der Waals surface area contributed by atoms with Crippen molar-refractivity contribution in [2.75, 3.05) is 0 Å². The molecule has 0 saturated heterocycles. The molecule has 0 fully saturated rings. The summed E-state index contributed by atoms with van der Waals surface area (Å²) < 4.78 is 19.1. The van der Waals surface area contributed by atoms with Crippen LogP contribution in [-0.2, 0) is 0 Å². The number of fused-ring (bicyclic) bond motifs is 9. The zero-order valence-corrected chi connectivity index (χ0v) is 27.0. The topological polar surface area (TPSA) is 78.1 Å². The minimum absolute atomic E-state index is 0.524. The van der Waals surface area contributed by atoms with Gasteiger partial charge in [0, 0.05) is 43.4 Å². The van der Waals surface area contributed by atoms with Gasteiger partial charge in [0.15, 0.2) is 17.5 Å². The van der Waals surface area contributed by atoms with Crippen molar-refractivity contribution in [3.8, 4) is 45.3 Å². The number of hydrogen-bond acceptors (Lipinski definition) is 6. The van der Waals surface area contributed by atoms with Crippen LogP contribution in [0.2, 0.25) is 0 Å². The Balaban J connectivity index is 1.18. The quantitative estimate of drug-likeness (QED) is 0.188. The van der Waals surface area contributed by atoms with Crippen LogP contribution >= 0.6 is 0 Å². The van der Waals surface area contributed by atoms with Crippen LogP contribution in [0.3, 0.4) is 0 Å². The molecule has 0 aliphatic rings. The molecule has 11 rings (SSSR count). The third kappa shape index (κ3) is 4.26. The Morgan fingerprint density at radius 1 is 0.314 bits per heavy atom. The highest BCUT2D eigenvalue weighted by Crippen LogP contribution is 2.43. The summed E-state index contributed by atoms with van der Waals surface area (Å²) in [5.41, 5.74) is 9.51. The lowest BCUT2D eigenvalue weighted by molar-refractivity contribution is 0.668. The van der Waals surface area contributed by atoms with Crippen molar-refractivity contribution < 1.29 is 13.3 Å². The van der Waals surface area contributed by atoms with Crippen molar-refractivity contribution in [3.63, 3.8) is 0 Å². The van der Waals surface area contributed by atoms with Crippen molar-refractivity contribution in [1.29, 1.82) is 0 Å². The molecule has 7 aromatic carbocycles. The third-order valence-corrected chi connectivity index (χ3v) is 9.77. The third-order valence-electron chi connectivity index (χ3n) is 9.77. The molecular formula is C45H25N3O3. The summed E-state index contributed by atoms with van der Waals surface area (Å²) in [6, 6.07) is 51.0. The summed E-state index contributed by atoms with van der Waals surface area (Å²) in [5.74, 6) is 1.66. The molecule has 0 unspecified atom stereocenters. The Labute approximate surface area is 290 Å². The van der Waals surface area contributed by atoms with Gasteiger partial charge in [-0.1, -0.05) is 109 Å². The fourth-order valence-electron chi connectivity index (χ4n) is 7.43. The summed E-state index contributed by atoms with van der Waals surface area (Å²) in [4.78, 5) is 15.4. The minimum atomic E-state index is 0.524. The van der Waals surface area contributed by atoms with E-state index >= 15 is 0 Å². The number of hydrogen-bond donors (Lipinski definition) is 0. The molecule has 51 heavy (non-hydrogen) atoms. The number of para-hydroxylation sites is 3. The zero-order chi connectivity index (χ0) is 33.5. The van der Waals surface area contributed by atoms with E-state index in [0.717, 1.165) is 88.0 Å². The van der Waals surface area contributed by atoms with E-state index in [2.05, 4.69) is 48.5 Å². The molecule has 0 spiro atoms. The highest BCUT2D eigenvalue weighted by atomic mass is 16.3. The summed E-state index contributed by atoms with van der Waals surface area (Å²) in [6.45, 7) is 0. The predicted octanol–water partition coefficient (Wildman–Crippen LogP) is 12.2. The van der Waals surface area contributed by atoms with Crippen molar-refractivity contribution in [2.45, 2.75) is 0 Å². The number of benzene rings is 7. The fourth-order valence-corrected chi connectivity index (χ4v) is 7.43. The van der Waals surface area contributed by atoms with Crippen LogP contribution in [0.25, 0.3) is 111 Å². The van der Waals surface area contributed by atoms with Gasteiger partial charge in [0.2, 0.25) is 0 Å². The van der Waals surface area contributed by atoms with Crippen LogP contribution in [-0.4, -0.2) is 15.0 Å². The number of aromatic nitrogens is 3. The highest BCUT2D eigenvalue weighted by molar-refractivity contribution is 6.17. The lowest BCUT2D eigenvalue weighted by Crippen LogP contribution is -2.00. The van der Waals surface area contributed by atoms with Crippen LogP contribution in [0.4, 0.5) is 0 Å². The second-order valence-corrected chi connectivity index (χ2v) is 12.7. The maximum absolute atomic E-state index is 6.72. The van der Waals surface area contributed by atoms with Crippen LogP contribution in [0.1, 0.15) is 0 Å². The Morgan fingerprint density at radius 3 is 1.69 bits per heavy atom. The van der Waals surface area contributed by atoms with Crippen molar-refractivity contribution >= 4 is 65.8 Å². The Bertz CT molecular complexity index is 3150. The lowest BCUT2D eigenvalue weighted by atomic mass is 9.95. The lowest BCUT2D eigenvalue weighted by Gasteiger charge is -2.11. The average Bonchev–Trinajstić information content (AvgIpc) is 3.89. The predicted molar refractivity (Wildman–Crippen MR) is 203 cm³/mol. The first-order valence-corrected chi connectivity index (χ1v) is 16.9. The van der Waals surface area contributed by atoms with Crippen LogP contribution in [0, 0.1) is 0 Å². The molecule has 238 valence electrons. The molecule has 6 heteroatoms. The highest BCUT2D eigenvalue weighted by Gasteiger charge is 2.22. The molecule has 4 heterocycles. The van der Waals surface area contributed by atoms with Crippen LogP contribution in [0.5, 0.6) is 0 Å². The number of furan rings is 3. The first kappa shape index (κ1) is 27.9. The average molecular weight is 656 g/mol. The normalized spacial score (nSPS) is 11.9. The molecule has 0 aliphatic carbocycles. The van der Waals surface area contributed by atoms with E-state index in [1.165, 1.54) is 0 Å². The number of rotatable bonds is 4. The van der Waals surface area contributed by atoms with E-state index in [-0.39, 0.29) is 0 Å². The van der Waals surface area contributed by atoms with Gasteiger partial charge in [-0.05, 0) is 53.6 Å². The zero-order valence-electron chi connectivity index (χ0n) is 27.0. The molecule has 0 N–H and O–H groups in total. The Hall–Kier alpha value is -7.05. The summed E-state index contributed by atoms with van der Waals surface area (Å²) >= 11 is 0. The smallest absolute Gasteiger partial charge is 0.167 e. The fraction of sp³-hybridized carbons (Fsp3) is 0. The molecule has 0 radical (unpaired) electrons. The second kappa shape index (κ2) is 10.7. The van der Waals surface area contributed by atoms with E-state index in [0.29, 0.717) is 23.1 Å². The molecule has 6 nitrogen and oxygen atoms in total. The van der Waals surface area contributed by atoms with Gasteiger partial charge in [0.1, 0.15) is 33.5 Å². The monoisotopic (exact) mass is 655 g/mol. The van der Waals surface area contributed by atoms with Gasteiger partial charge in [-0.3, -0.25) is 0 Å². The maximum atomic E-state index is 6.72. The molecule has 0 amide bonds. The Kier molecular flexibility index (Phi) is 5.86. The second-order valence-electron chi connectivity index (χ2n) is 12.7. The van der Waals surface area contributed by atoms with E-state index in [1.807, 2.05) is 103 Å². The van der Waals surface area contributed by atoms with Gasteiger partial charge >= 0.3 is 0 Å². The molecule has 0 saturated carbocycles. The summed E-state index contributed by atoms with van der Waals surface area (Å²) in [6.07, 6.45) is 0. The van der Waals surface area contributed by atoms with Gasteiger partial charge in [-0.15, -0.1) is 0 Å². The van der Waals surface area contributed by atoms with Crippen molar-refractivity contribution in [1.82, 2.24) is 15.0 Å². The van der Waals surface area contributed by atoms with Crippen LogP contribution < -0.4 is 0 Å². The molecule has 4 aromatic heterocycles. The molecule has 0 bridgehead atoms. The largest absolute Gasteiger partial charge is 0.456 e. The van der Waals surface area contributed by atoms with Gasteiger partial charge in [-0.25, -0.2) is 15.0 Å². The molecule has 11 aromatic rings. The van der Waals surface area contributed by atoms with Gasteiger partial charge < -0.3 is 13.3 Å². The number of nitrogens with zero attached hydrogens (tertiary/aromatic N) is 3. The first-order valence-electron chi connectivity index (χ1n) is 16.9. The van der Waals surface area contributed by atoms with E-state index < -0.39 is 0 Å². The van der Waals surface area contributed by atoms with Gasteiger partial charge in [0.25, 0.3) is 0 Å². The SMILES string of the molecule is c1ccc(-c2nc(-c3ccc(-c4ccc5oc6ccccc6c5c4)c4c3oc3ccccc34)nc(-c3cccc4oc5ccccc5c34)n2)cc1. The van der Waals surface area contributed by atoms with Crippen molar-refractivity contribution in [3.05, 3.63) is 152 Å². The summed E-state index contributed by atoms with van der Waals surface area (Å²) in [7, 11) is 0. The molecule has 0 aliphatic heterocycles. The van der Waals surface area contributed by atoms with E-state index in [9.17, 15) is 0 Å². The van der Waals surface area contributed by atoms with Crippen molar-refractivity contribution in [2.24, 2.45) is 0 Å². The standard InChI is InChI=1S/C45H25N3O3/c1-2-11-26(12-3-1)43-46-44(32-16-10-20-39-40(32)30-14-5-8-18-36(30)50-39)48-45(47-43)33-23-22-28(41-31-15-6-9-19-37(31)51-42(33)41)27-21-24-38-34(25-27)29-13-4-7-17-35(29)49-38/h1-25H. The van der Waals surface area contributed by atoms with E-state index in [4.69, 9.17) is 28.2 Å². The molecule has 0 atom stereocenters.